The molecule has 0 fully saturated rings. The molecule has 3 heterocycles. The fraction of sp³-hybridized carbons (Fsp3) is 0.250. The summed E-state index contributed by atoms with van der Waals surface area (Å²) >= 11 is 0. The molecule has 0 bridgehead atoms. The molecular weight excluding hydrogens is 374 g/mol. The minimum absolute atomic E-state index is 0.0933. The van der Waals surface area contributed by atoms with Gasteiger partial charge in [0.2, 0.25) is 5.56 Å². The van der Waals surface area contributed by atoms with Crippen molar-refractivity contribution >= 4 is 10.9 Å². The van der Waals surface area contributed by atoms with Crippen molar-refractivity contribution in [3.63, 3.8) is 0 Å². The van der Waals surface area contributed by atoms with Gasteiger partial charge in [-0.3, -0.25) is 4.79 Å². The van der Waals surface area contributed by atoms with Gasteiger partial charge in [-0.25, -0.2) is 9.97 Å². The second kappa shape index (κ2) is 8.34. The van der Waals surface area contributed by atoms with Gasteiger partial charge in [0.15, 0.2) is 0 Å². The minimum atomic E-state index is -0.0933. The van der Waals surface area contributed by atoms with Gasteiger partial charge in [-0.05, 0) is 66.6 Å². The fourth-order valence-electron chi connectivity index (χ4n) is 3.77. The maximum atomic E-state index is 11.3. The summed E-state index contributed by atoms with van der Waals surface area (Å²) in [5.41, 5.74) is 7.33. The Morgan fingerprint density at radius 2 is 2.00 bits per heavy atom. The molecule has 150 valence electrons. The van der Waals surface area contributed by atoms with Gasteiger partial charge in [-0.15, -0.1) is 0 Å². The van der Waals surface area contributed by atoms with Crippen LogP contribution in [0.25, 0.3) is 22.3 Å². The topological polar surface area (TPSA) is 87.4 Å². The highest BCUT2D eigenvalue weighted by molar-refractivity contribution is 5.86. The molecule has 0 saturated carbocycles. The van der Waals surface area contributed by atoms with Crippen LogP contribution in [0.2, 0.25) is 0 Å². The van der Waals surface area contributed by atoms with Gasteiger partial charge in [0.25, 0.3) is 0 Å². The number of nitrogens with zero attached hydrogens (tertiary/aromatic N) is 4. The summed E-state index contributed by atoms with van der Waals surface area (Å²) in [7, 11) is 1.96. The van der Waals surface area contributed by atoms with E-state index in [-0.39, 0.29) is 5.56 Å². The Balaban J connectivity index is 1.80. The standard InChI is InChI=1S/C24H23N5O/c1-16-10-21-20(11-18(16)4-3-9-25)19(7-5-17-6-8-24(30)27-13-17)12-22(28-21)23-14-26-15-29(23)2/h6,8,10-15H,3-5,7H2,1-2H3,(H,27,30). The van der Waals surface area contributed by atoms with Crippen LogP contribution >= 0.6 is 0 Å². The number of H-pyrrole nitrogens is 1. The van der Waals surface area contributed by atoms with Gasteiger partial charge >= 0.3 is 0 Å². The molecule has 0 atom stereocenters. The number of aromatic nitrogens is 4. The zero-order chi connectivity index (χ0) is 21.1. The highest BCUT2D eigenvalue weighted by atomic mass is 16.1. The number of benzene rings is 1. The van der Waals surface area contributed by atoms with Crippen LogP contribution in [0.3, 0.4) is 0 Å². The van der Waals surface area contributed by atoms with Crippen LogP contribution in [0.15, 0.2) is 53.8 Å². The van der Waals surface area contributed by atoms with E-state index in [0.29, 0.717) is 6.42 Å². The molecule has 0 aliphatic carbocycles. The Labute approximate surface area is 174 Å². The quantitative estimate of drug-likeness (QED) is 0.535. The van der Waals surface area contributed by atoms with Gasteiger partial charge in [0.05, 0.1) is 35.5 Å². The maximum absolute atomic E-state index is 11.3. The van der Waals surface area contributed by atoms with E-state index in [1.54, 1.807) is 18.6 Å². The van der Waals surface area contributed by atoms with Crippen molar-refractivity contribution in [2.24, 2.45) is 7.05 Å². The van der Waals surface area contributed by atoms with Crippen LogP contribution in [0.4, 0.5) is 0 Å². The lowest BCUT2D eigenvalue weighted by Gasteiger charge is -2.13. The molecule has 0 amide bonds. The van der Waals surface area contributed by atoms with E-state index in [9.17, 15) is 4.79 Å². The van der Waals surface area contributed by atoms with Crippen LogP contribution in [-0.2, 0) is 26.3 Å². The number of aryl methyl sites for hydroxylation is 5. The molecule has 0 saturated heterocycles. The molecule has 30 heavy (non-hydrogen) atoms. The molecule has 3 aromatic heterocycles. The molecule has 6 nitrogen and oxygen atoms in total. The molecule has 1 N–H and O–H groups in total. The molecule has 4 rings (SSSR count). The largest absolute Gasteiger partial charge is 0.332 e. The Morgan fingerprint density at radius 1 is 1.13 bits per heavy atom. The molecule has 6 heteroatoms. The summed E-state index contributed by atoms with van der Waals surface area (Å²) in [4.78, 5) is 23.2. The minimum Gasteiger partial charge on any atom is -0.332 e. The second-order valence-corrected chi connectivity index (χ2v) is 7.57. The fourth-order valence-corrected chi connectivity index (χ4v) is 3.77. The predicted molar refractivity (Wildman–Crippen MR) is 117 cm³/mol. The molecule has 4 aromatic rings. The van der Waals surface area contributed by atoms with E-state index in [1.165, 1.54) is 11.1 Å². The number of hydrogen-bond acceptors (Lipinski definition) is 4. The number of aromatic amines is 1. The first-order chi connectivity index (χ1) is 14.5. The Bertz CT molecular complexity index is 1290. The van der Waals surface area contributed by atoms with Crippen LogP contribution in [0, 0.1) is 18.3 Å². The Hall–Kier alpha value is -3.72. The summed E-state index contributed by atoms with van der Waals surface area (Å²) in [6.45, 7) is 2.07. The van der Waals surface area contributed by atoms with Crippen molar-refractivity contribution < 1.29 is 0 Å². The third-order valence-electron chi connectivity index (χ3n) is 5.47. The molecule has 1 aromatic carbocycles. The molecule has 0 unspecified atom stereocenters. The van der Waals surface area contributed by atoms with Gasteiger partial charge in [-0.1, -0.05) is 6.07 Å². The zero-order valence-corrected chi connectivity index (χ0v) is 17.1. The molecule has 0 aliphatic rings. The number of hydrogen-bond donors (Lipinski definition) is 1. The Kier molecular flexibility index (Phi) is 5.44. The van der Waals surface area contributed by atoms with E-state index in [4.69, 9.17) is 10.2 Å². The molecule has 0 aliphatic heterocycles. The van der Waals surface area contributed by atoms with Crippen molar-refractivity contribution in [3.8, 4) is 17.5 Å². The number of fused-ring (bicyclic) bond motifs is 1. The second-order valence-electron chi connectivity index (χ2n) is 7.57. The van der Waals surface area contributed by atoms with Gasteiger partial charge < -0.3 is 9.55 Å². The van der Waals surface area contributed by atoms with Gasteiger partial charge in [0.1, 0.15) is 0 Å². The van der Waals surface area contributed by atoms with Gasteiger partial charge in [-0.2, -0.15) is 5.26 Å². The highest BCUT2D eigenvalue weighted by Crippen LogP contribution is 2.28. The lowest BCUT2D eigenvalue weighted by atomic mass is 9.95. The number of nitrogens with one attached hydrogen (secondary N) is 1. The normalized spacial score (nSPS) is 11.0. The van der Waals surface area contributed by atoms with Crippen LogP contribution in [-0.4, -0.2) is 19.5 Å². The third kappa shape index (κ3) is 4.01. The molecular formula is C24H23N5O. The smallest absolute Gasteiger partial charge is 0.247 e. The number of rotatable bonds is 6. The number of pyridine rings is 2. The lowest BCUT2D eigenvalue weighted by Crippen LogP contribution is -2.04. The Morgan fingerprint density at radius 3 is 2.70 bits per heavy atom. The lowest BCUT2D eigenvalue weighted by molar-refractivity contribution is 0.914. The van der Waals surface area contributed by atoms with Crippen molar-refractivity contribution in [2.45, 2.75) is 32.6 Å². The molecule has 0 radical (unpaired) electrons. The summed E-state index contributed by atoms with van der Waals surface area (Å²) in [6, 6.07) is 12.1. The summed E-state index contributed by atoms with van der Waals surface area (Å²) in [5, 5.41) is 10.1. The van der Waals surface area contributed by atoms with Crippen molar-refractivity contribution in [1.29, 1.82) is 5.26 Å². The SMILES string of the molecule is Cc1cc2nc(-c3cncn3C)cc(CCc3ccc(=O)[nH]c3)c2cc1CCC#N. The monoisotopic (exact) mass is 397 g/mol. The number of nitriles is 1. The average molecular weight is 397 g/mol. The molecule has 0 spiro atoms. The summed E-state index contributed by atoms with van der Waals surface area (Å²) < 4.78 is 1.97. The van der Waals surface area contributed by atoms with Crippen LogP contribution in [0.5, 0.6) is 0 Å². The van der Waals surface area contributed by atoms with Crippen molar-refractivity contribution in [3.05, 3.63) is 81.7 Å². The van der Waals surface area contributed by atoms with Crippen molar-refractivity contribution in [2.75, 3.05) is 0 Å². The van der Waals surface area contributed by atoms with E-state index in [0.717, 1.165) is 52.7 Å². The van der Waals surface area contributed by atoms with Gasteiger partial charge in [0, 0.05) is 31.1 Å². The predicted octanol–water partition coefficient (Wildman–Crippen LogP) is 3.87. The first kappa shape index (κ1) is 19.6. The van der Waals surface area contributed by atoms with E-state index >= 15 is 0 Å². The van der Waals surface area contributed by atoms with Crippen LogP contribution < -0.4 is 5.56 Å². The summed E-state index contributed by atoms with van der Waals surface area (Å²) in [5.74, 6) is 0. The highest BCUT2D eigenvalue weighted by Gasteiger charge is 2.13. The van der Waals surface area contributed by atoms with E-state index in [2.05, 4.69) is 41.2 Å². The van der Waals surface area contributed by atoms with Crippen molar-refractivity contribution in [1.82, 2.24) is 19.5 Å². The summed E-state index contributed by atoms with van der Waals surface area (Å²) in [6.07, 6.45) is 8.24. The van der Waals surface area contributed by atoms with E-state index < -0.39 is 0 Å². The third-order valence-corrected chi connectivity index (χ3v) is 5.47. The first-order valence-corrected chi connectivity index (χ1v) is 9.99. The zero-order valence-electron chi connectivity index (χ0n) is 17.1. The van der Waals surface area contributed by atoms with E-state index in [1.807, 2.05) is 23.9 Å². The maximum Gasteiger partial charge on any atom is 0.247 e. The number of imidazole rings is 1. The first-order valence-electron chi connectivity index (χ1n) is 9.99. The van der Waals surface area contributed by atoms with Crippen LogP contribution in [0.1, 0.15) is 28.7 Å². The average Bonchev–Trinajstić information content (AvgIpc) is 3.17.